The zero-order valence-corrected chi connectivity index (χ0v) is 10.6. The van der Waals surface area contributed by atoms with Crippen molar-refractivity contribution in [1.29, 1.82) is 0 Å². The fraction of sp³-hybridized carbons (Fsp3) is 0.571. The molecule has 0 saturated heterocycles. The number of aryl methyl sites for hydroxylation is 1. The Morgan fingerprint density at radius 3 is 2.50 bits per heavy atom. The highest BCUT2D eigenvalue weighted by Gasteiger charge is 1.94. The summed E-state index contributed by atoms with van der Waals surface area (Å²) in [6, 6.07) is 8.45. The van der Waals surface area contributed by atoms with Crippen molar-refractivity contribution in [3.63, 3.8) is 0 Å². The molecular weight excluding hydrogens is 196 g/mol. The molecule has 0 fully saturated rings. The van der Waals surface area contributed by atoms with Crippen LogP contribution in [0.5, 0.6) is 0 Å². The van der Waals surface area contributed by atoms with E-state index in [9.17, 15) is 0 Å². The first-order valence-corrected chi connectivity index (χ1v) is 6.35. The molecule has 1 aromatic carbocycles. The Morgan fingerprint density at radius 1 is 1.00 bits per heavy atom. The molecule has 2 N–H and O–H groups in total. The maximum absolute atomic E-state index is 3.48. The van der Waals surface area contributed by atoms with Gasteiger partial charge < -0.3 is 10.6 Å². The quantitative estimate of drug-likeness (QED) is 0.657. The van der Waals surface area contributed by atoms with Gasteiger partial charge >= 0.3 is 0 Å². The predicted octanol–water partition coefficient (Wildman–Crippen LogP) is 3.19. The third kappa shape index (κ3) is 5.17. The Labute approximate surface area is 99.5 Å². The number of benzene rings is 1. The van der Waals surface area contributed by atoms with Gasteiger partial charge in [0, 0.05) is 12.2 Å². The monoisotopic (exact) mass is 220 g/mol. The molecule has 1 rings (SSSR count). The standard InChI is InChI=1S/C14H24N2/c1-3-10-15-11-6-7-12-16-14-9-5-4-8-13(14)2/h4-5,8-9,15-16H,3,6-7,10-12H2,1-2H3. The number of hydrogen-bond donors (Lipinski definition) is 2. The number of rotatable bonds is 8. The van der Waals surface area contributed by atoms with Crippen molar-refractivity contribution in [1.82, 2.24) is 5.32 Å². The largest absolute Gasteiger partial charge is 0.385 e. The summed E-state index contributed by atoms with van der Waals surface area (Å²) < 4.78 is 0. The first-order chi connectivity index (χ1) is 7.84. The highest BCUT2D eigenvalue weighted by Crippen LogP contribution is 2.12. The van der Waals surface area contributed by atoms with Crippen molar-refractivity contribution in [3.8, 4) is 0 Å². The van der Waals surface area contributed by atoms with E-state index in [0.717, 1.165) is 19.6 Å². The van der Waals surface area contributed by atoms with Gasteiger partial charge in [-0.1, -0.05) is 25.1 Å². The lowest BCUT2D eigenvalue weighted by molar-refractivity contribution is 0.626. The minimum atomic E-state index is 1.07. The van der Waals surface area contributed by atoms with Crippen LogP contribution in [0.15, 0.2) is 24.3 Å². The first-order valence-electron chi connectivity index (χ1n) is 6.35. The van der Waals surface area contributed by atoms with E-state index in [4.69, 9.17) is 0 Å². The zero-order chi connectivity index (χ0) is 11.6. The molecule has 16 heavy (non-hydrogen) atoms. The smallest absolute Gasteiger partial charge is 0.0369 e. The van der Waals surface area contributed by atoms with Gasteiger partial charge in [-0.15, -0.1) is 0 Å². The summed E-state index contributed by atoms with van der Waals surface area (Å²) in [6.07, 6.45) is 3.70. The Hall–Kier alpha value is -1.02. The third-order valence-corrected chi connectivity index (χ3v) is 2.67. The van der Waals surface area contributed by atoms with E-state index < -0.39 is 0 Å². The molecule has 0 radical (unpaired) electrons. The van der Waals surface area contributed by atoms with Crippen LogP contribution < -0.4 is 10.6 Å². The van der Waals surface area contributed by atoms with Crippen LogP contribution >= 0.6 is 0 Å². The summed E-state index contributed by atoms with van der Waals surface area (Å²) >= 11 is 0. The van der Waals surface area contributed by atoms with E-state index in [1.165, 1.54) is 30.5 Å². The molecule has 0 atom stereocenters. The van der Waals surface area contributed by atoms with E-state index in [-0.39, 0.29) is 0 Å². The van der Waals surface area contributed by atoms with E-state index >= 15 is 0 Å². The molecule has 1 aromatic rings. The Kier molecular flexibility index (Phi) is 6.66. The highest BCUT2D eigenvalue weighted by molar-refractivity contribution is 5.49. The SMILES string of the molecule is CCCNCCCCNc1ccccc1C. The second-order valence-corrected chi connectivity index (χ2v) is 4.20. The summed E-state index contributed by atoms with van der Waals surface area (Å²) in [5.41, 5.74) is 2.59. The molecule has 2 heteroatoms. The summed E-state index contributed by atoms with van der Waals surface area (Å²) in [7, 11) is 0. The van der Waals surface area contributed by atoms with Gasteiger partial charge in [0.25, 0.3) is 0 Å². The second kappa shape index (κ2) is 8.17. The van der Waals surface area contributed by atoms with Gasteiger partial charge in [0.2, 0.25) is 0 Å². The van der Waals surface area contributed by atoms with Crippen molar-refractivity contribution in [2.45, 2.75) is 33.1 Å². The van der Waals surface area contributed by atoms with Gasteiger partial charge in [-0.2, -0.15) is 0 Å². The Morgan fingerprint density at radius 2 is 1.75 bits per heavy atom. The van der Waals surface area contributed by atoms with Crippen LogP contribution in [-0.2, 0) is 0 Å². The third-order valence-electron chi connectivity index (χ3n) is 2.67. The molecule has 0 aliphatic heterocycles. The number of anilines is 1. The van der Waals surface area contributed by atoms with Crippen molar-refractivity contribution >= 4 is 5.69 Å². The molecule has 0 aliphatic carbocycles. The van der Waals surface area contributed by atoms with Crippen LogP contribution in [0.25, 0.3) is 0 Å². The molecule has 0 aliphatic rings. The van der Waals surface area contributed by atoms with Crippen molar-refractivity contribution in [2.24, 2.45) is 0 Å². The Balaban J connectivity index is 2.05. The number of para-hydroxylation sites is 1. The zero-order valence-electron chi connectivity index (χ0n) is 10.6. The lowest BCUT2D eigenvalue weighted by Crippen LogP contribution is -2.16. The topological polar surface area (TPSA) is 24.1 Å². The average molecular weight is 220 g/mol. The normalized spacial score (nSPS) is 10.4. The van der Waals surface area contributed by atoms with Crippen LogP contribution in [0, 0.1) is 6.92 Å². The maximum Gasteiger partial charge on any atom is 0.0369 e. The summed E-state index contributed by atoms with van der Waals surface area (Å²) in [5.74, 6) is 0. The van der Waals surface area contributed by atoms with Crippen LogP contribution in [0.2, 0.25) is 0 Å². The first kappa shape index (κ1) is 13.0. The van der Waals surface area contributed by atoms with Crippen LogP contribution in [0.3, 0.4) is 0 Å². The fourth-order valence-electron chi connectivity index (χ4n) is 1.67. The molecule has 0 bridgehead atoms. The van der Waals surface area contributed by atoms with Crippen molar-refractivity contribution in [2.75, 3.05) is 25.0 Å². The molecule has 0 amide bonds. The highest BCUT2D eigenvalue weighted by atomic mass is 14.9. The molecule has 0 spiro atoms. The minimum Gasteiger partial charge on any atom is -0.385 e. The van der Waals surface area contributed by atoms with Crippen LogP contribution in [0.1, 0.15) is 31.7 Å². The van der Waals surface area contributed by atoms with E-state index in [1.54, 1.807) is 0 Å². The fourth-order valence-corrected chi connectivity index (χ4v) is 1.67. The minimum absolute atomic E-state index is 1.07. The molecule has 0 unspecified atom stereocenters. The molecule has 0 saturated carbocycles. The molecule has 0 aromatic heterocycles. The maximum atomic E-state index is 3.48. The summed E-state index contributed by atoms with van der Waals surface area (Å²) in [4.78, 5) is 0. The molecule has 0 heterocycles. The lowest BCUT2D eigenvalue weighted by atomic mass is 10.2. The van der Waals surface area contributed by atoms with Gasteiger partial charge in [0.1, 0.15) is 0 Å². The van der Waals surface area contributed by atoms with Crippen molar-refractivity contribution in [3.05, 3.63) is 29.8 Å². The Bertz CT molecular complexity index is 284. The van der Waals surface area contributed by atoms with Crippen LogP contribution in [-0.4, -0.2) is 19.6 Å². The summed E-state index contributed by atoms with van der Waals surface area (Å²) in [6.45, 7) is 7.70. The molecule has 90 valence electrons. The van der Waals surface area contributed by atoms with Crippen LogP contribution in [0.4, 0.5) is 5.69 Å². The molecule has 2 nitrogen and oxygen atoms in total. The van der Waals surface area contributed by atoms with Gasteiger partial charge in [-0.05, 0) is 50.9 Å². The van der Waals surface area contributed by atoms with E-state index in [2.05, 4.69) is 48.7 Å². The number of nitrogens with one attached hydrogen (secondary N) is 2. The van der Waals surface area contributed by atoms with Gasteiger partial charge in [0.15, 0.2) is 0 Å². The van der Waals surface area contributed by atoms with Gasteiger partial charge in [-0.3, -0.25) is 0 Å². The second-order valence-electron chi connectivity index (χ2n) is 4.20. The van der Waals surface area contributed by atoms with E-state index in [1.807, 2.05) is 0 Å². The predicted molar refractivity (Wildman–Crippen MR) is 72.1 cm³/mol. The average Bonchev–Trinajstić information content (AvgIpc) is 2.30. The number of hydrogen-bond acceptors (Lipinski definition) is 2. The summed E-state index contributed by atoms with van der Waals surface area (Å²) in [5, 5.41) is 6.89. The van der Waals surface area contributed by atoms with Gasteiger partial charge in [0.05, 0.1) is 0 Å². The lowest BCUT2D eigenvalue weighted by Gasteiger charge is -2.09. The van der Waals surface area contributed by atoms with Gasteiger partial charge in [-0.25, -0.2) is 0 Å². The molecular formula is C14H24N2. The van der Waals surface area contributed by atoms with E-state index in [0.29, 0.717) is 0 Å². The number of unbranched alkanes of at least 4 members (excludes halogenated alkanes) is 1. The van der Waals surface area contributed by atoms with Crippen molar-refractivity contribution < 1.29 is 0 Å².